The normalized spacial score (nSPS) is 12.5. The van der Waals surface area contributed by atoms with Gasteiger partial charge in [0.15, 0.2) is 0 Å². The molecule has 1 unspecified atom stereocenters. The van der Waals surface area contributed by atoms with Gasteiger partial charge in [-0.25, -0.2) is 13.4 Å². The first-order chi connectivity index (χ1) is 17.4. The van der Waals surface area contributed by atoms with Gasteiger partial charge in [0.1, 0.15) is 17.7 Å². The SMILES string of the molecule is COc1cc(C)c(S(=O)(=O)N(C)CCOC(C)C(=O)NCc2ccc(-c3cn(C)c(C)n3)cc2)c(C)c1. The lowest BCUT2D eigenvalue weighted by Crippen LogP contribution is -2.37. The molecule has 0 aliphatic rings. The Bertz CT molecular complexity index is 1310. The largest absolute Gasteiger partial charge is 0.497 e. The minimum Gasteiger partial charge on any atom is -0.497 e. The molecular formula is C27H36N4O5S. The Morgan fingerprint density at radius 2 is 1.76 bits per heavy atom. The van der Waals surface area contributed by atoms with Crippen LogP contribution in [0, 0.1) is 20.8 Å². The van der Waals surface area contributed by atoms with Crippen LogP contribution in [0.2, 0.25) is 0 Å². The number of rotatable bonds is 11. The van der Waals surface area contributed by atoms with Gasteiger partial charge in [-0.15, -0.1) is 0 Å². The number of benzene rings is 2. The second kappa shape index (κ2) is 11.9. The quantitative estimate of drug-likeness (QED) is 0.409. The van der Waals surface area contributed by atoms with Crippen molar-refractivity contribution in [1.82, 2.24) is 19.2 Å². The molecule has 0 saturated heterocycles. The summed E-state index contributed by atoms with van der Waals surface area (Å²) in [5.74, 6) is 1.28. The molecule has 0 bridgehead atoms. The van der Waals surface area contributed by atoms with Gasteiger partial charge in [0, 0.05) is 38.9 Å². The van der Waals surface area contributed by atoms with Crippen LogP contribution in [0.5, 0.6) is 5.75 Å². The molecule has 0 spiro atoms. The third-order valence-corrected chi connectivity index (χ3v) is 8.47. The van der Waals surface area contributed by atoms with Crippen LogP contribution in [0.25, 0.3) is 11.3 Å². The maximum atomic E-state index is 13.1. The van der Waals surface area contributed by atoms with Crippen LogP contribution in [0.15, 0.2) is 47.5 Å². The number of hydrogen-bond acceptors (Lipinski definition) is 6. The summed E-state index contributed by atoms with van der Waals surface area (Å²) in [6, 6.07) is 11.3. The summed E-state index contributed by atoms with van der Waals surface area (Å²) in [4.78, 5) is 17.3. The molecule has 1 amide bonds. The molecule has 10 heteroatoms. The fourth-order valence-electron chi connectivity index (χ4n) is 3.97. The van der Waals surface area contributed by atoms with Crippen molar-refractivity contribution in [3.63, 3.8) is 0 Å². The fourth-order valence-corrected chi connectivity index (χ4v) is 5.53. The number of carbonyl (C=O) groups excluding carboxylic acids is 1. The van der Waals surface area contributed by atoms with Gasteiger partial charge in [-0.1, -0.05) is 24.3 Å². The van der Waals surface area contributed by atoms with E-state index in [4.69, 9.17) is 9.47 Å². The van der Waals surface area contributed by atoms with Gasteiger partial charge in [-0.3, -0.25) is 4.79 Å². The fraction of sp³-hybridized carbons (Fsp3) is 0.407. The standard InChI is InChI=1S/C27H36N4O5S/c1-18-14-24(35-7)15-19(2)26(18)37(33,34)31(6)12-13-36-20(3)27(32)28-16-22-8-10-23(11-9-22)25-17-30(5)21(4)29-25/h8-11,14-15,17,20H,12-13,16H2,1-7H3,(H,28,32). The molecule has 3 aromatic rings. The lowest BCUT2D eigenvalue weighted by atomic mass is 10.1. The molecule has 1 N–H and O–H groups in total. The van der Waals surface area contributed by atoms with E-state index < -0.39 is 16.1 Å². The summed E-state index contributed by atoms with van der Waals surface area (Å²) >= 11 is 0. The predicted octanol–water partition coefficient (Wildman–Crippen LogP) is 3.36. The number of ether oxygens (including phenoxy) is 2. The van der Waals surface area contributed by atoms with Crippen molar-refractivity contribution < 1.29 is 22.7 Å². The molecule has 2 aromatic carbocycles. The molecule has 37 heavy (non-hydrogen) atoms. The molecule has 1 aromatic heterocycles. The van der Waals surface area contributed by atoms with Crippen molar-refractivity contribution in [2.45, 2.75) is 45.2 Å². The van der Waals surface area contributed by atoms with E-state index in [1.807, 2.05) is 49.0 Å². The van der Waals surface area contributed by atoms with Crippen molar-refractivity contribution in [3.8, 4) is 17.0 Å². The number of nitrogens with one attached hydrogen (secondary N) is 1. The maximum absolute atomic E-state index is 13.1. The first-order valence-corrected chi connectivity index (χ1v) is 13.5. The summed E-state index contributed by atoms with van der Waals surface area (Å²) in [5, 5.41) is 2.86. The molecule has 0 aliphatic heterocycles. The number of amides is 1. The van der Waals surface area contributed by atoms with Crippen LogP contribution in [-0.4, -0.2) is 61.6 Å². The Morgan fingerprint density at radius 3 is 2.30 bits per heavy atom. The van der Waals surface area contributed by atoms with Crippen LogP contribution < -0.4 is 10.1 Å². The maximum Gasteiger partial charge on any atom is 0.249 e. The van der Waals surface area contributed by atoms with E-state index in [1.54, 1.807) is 40.0 Å². The number of hydrogen-bond donors (Lipinski definition) is 1. The number of sulfonamides is 1. The number of imidazole rings is 1. The summed E-state index contributed by atoms with van der Waals surface area (Å²) in [5.41, 5.74) is 4.09. The van der Waals surface area contributed by atoms with Crippen molar-refractivity contribution in [1.29, 1.82) is 0 Å². The van der Waals surface area contributed by atoms with E-state index in [2.05, 4.69) is 10.3 Å². The molecule has 9 nitrogen and oxygen atoms in total. The van der Waals surface area contributed by atoms with E-state index in [0.29, 0.717) is 23.4 Å². The first kappa shape index (κ1) is 28.4. The summed E-state index contributed by atoms with van der Waals surface area (Å²) in [6.45, 7) is 7.64. The first-order valence-electron chi connectivity index (χ1n) is 12.0. The van der Waals surface area contributed by atoms with Crippen molar-refractivity contribution in [2.24, 2.45) is 7.05 Å². The number of aryl methyl sites for hydroxylation is 4. The number of aromatic nitrogens is 2. The average Bonchev–Trinajstić information content (AvgIpc) is 3.19. The van der Waals surface area contributed by atoms with Crippen LogP contribution in [0.3, 0.4) is 0 Å². The van der Waals surface area contributed by atoms with Gasteiger partial charge in [-0.05, 0) is 56.5 Å². The molecule has 0 radical (unpaired) electrons. The highest BCUT2D eigenvalue weighted by Gasteiger charge is 2.26. The van der Waals surface area contributed by atoms with Gasteiger partial charge in [0.05, 0.1) is 24.3 Å². The summed E-state index contributed by atoms with van der Waals surface area (Å²) in [7, 11) is 1.28. The number of methoxy groups -OCH3 is 1. The third-order valence-electron chi connectivity index (χ3n) is 6.31. The van der Waals surface area contributed by atoms with Crippen LogP contribution >= 0.6 is 0 Å². The van der Waals surface area contributed by atoms with Crippen molar-refractivity contribution >= 4 is 15.9 Å². The Morgan fingerprint density at radius 1 is 1.14 bits per heavy atom. The van der Waals surface area contributed by atoms with Crippen LogP contribution in [-0.2, 0) is 33.1 Å². The highest BCUT2D eigenvalue weighted by atomic mass is 32.2. The summed E-state index contributed by atoms with van der Waals surface area (Å²) < 4.78 is 40.3. The van der Waals surface area contributed by atoms with E-state index in [0.717, 1.165) is 22.6 Å². The minimum atomic E-state index is -3.72. The summed E-state index contributed by atoms with van der Waals surface area (Å²) in [6.07, 6.45) is 1.25. The lowest BCUT2D eigenvalue weighted by Gasteiger charge is -2.21. The Hall–Kier alpha value is -3.21. The minimum absolute atomic E-state index is 0.0801. The zero-order valence-corrected chi connectivity index (χ0v) is 23.3. The number of likely N-dealkylation sites (N-methyl/N-ethyl adjacent to an activating group) is 1. The average molecular weight is 529 g/mol. The van der Waals surface area contributed by atoms with Crippen LogP contribution in [0.1, 0.15) is 29.4 Å². The van der Waals surface area contributed by atoms with Crippen molar-refractivity contribution in [2.75, 3.05) is 27.3 Å². The van der Waals surface area contributed by atoms with E-state index >= 15 is 0 Å². The number of nitrogens with zero attached hydrogens (tertiary/aromatic N) is 3. The Labute approximate surface area is 219 Å². The van der Waals surface area contributed by atoms with Crippen LogP contribution in [0.4, 0.5) is 0 Å². The number of carbonyl (C=O) groups is 1. The molecule has 1 atom stereocenters. The second-order valence-electron chi connectivity index (χ2n) is 9.13. The van der Waals surface area contributed by atoms with Gasteiger partial charge in [-0.2, -0.15) is 4.31 Å². The highest BCUT2D eigenvalue weighted by Crippen LogP contribution is 2.27. The van der Waals surface area contributed by atoms with Gasteiger partial charge >= 0.3 is 0 Å². The molecule has 0 fully saturated rings. The Balaban J connectivity index is 1.49. The molecular weight excluding hydrogens is 492 g/mol. The van der Waals surface area contributed by atoms with Gasteiger partial charge < -0.3 is 19.4 Å². The highest BCUT2D eigenvalue weighted by molar-refractivity contribution is 7.89. The smallest absolute Gasteiger partial charge is 0.249 e. The third kappa shape index (κ3) is 6.76. The zero-order chi connectivity index (χ0) is 27.3. The second-order valence-corrected chi connectivity index (χ2v) is 11.1. The van der Waals surface area contributed by atoms with E-state index in [9.17, 15) is 13.2 Å². The molecule has 0 saturated carbocycles. The molecule has 1 heterocycles. The zero-order valence-electron chi connectivity index (χ0n) is 22.5. The van der Waals surface area contributed by atoms with E-state index in [-0.39, 0.29) is 24.0 Å². The molecule has 3 rings (SSSR count). The topological polar surface area (TPSA) is 103 Å². The van der Waals surface area contributed by atoms with Crippen molar-refractivity contribution in [3.05, 3.63) is 65.1 Å². The molecule has 0 aliphatic carbocycles. The van der Waals surface area contributed by atoms with Gasteiger partial charge in [0.2, 0.25) is 15.9 Å². The molecule has 200 valence electrons. The lowest BCUT2D eigenvalue weighted by molar-refractivity contribution is -0.131. The monoisotopic (exact) mass is 528 g/mol. The van der Waals surface area contributed by atoms with Gasteiger partial charge in [0.25, 0.3) is 0 Å². The van der Waals surface area contributed by atoms with E-state index in [1.165, 1.54) is 11.4 Å². The Kier molecular flexibility index (Phi) is 9.12. The predicted molar refractivity (Wildman–Crippen MR) is 143 cm³/mol.